The Balaban J connectivity index is 1.62. The van der Waals surface area contributed by atoms with Crippen LogP contribution in [0.3, 0.4) is 0 Å². The average Bonchev–Trinajstić information content (AvgIpc) is 2.91. The van der Waals surface area contributed by atoms with Gasteiger partial charge in [0.2, 0.25) is 5.88 Å². The number of para-hydroxylation sites is 1. The van der Waals surface area contributed by atoms with Gasteiger partial charge in [0.15, 0.2) is 6.10 Å². The summed E-state index contributed by atoms with van der Waals surface area (Å²) in [6.45, 7) is 2.15. The molecule has 2 atom stereocenters. The molecule has 0 unspecified atom stereocenters. The summed E-state index contributed by atoms with van der Waals surface area (Å²) in [4.78, 5) is 16.2. The molecule has 1 aliphatic rings. The van der Waals surface area contributed by atoms with Crippen molar-refractivity contribution in [3.8, 4) is 11.6 Å². The maximum absolute atomic E-state index is 12.2. The normalized spacial score (nSPS) is 17.5. The van der Waals surface area contributed by atoms with E-state index >= 15 is 0 Å². The quantitative estimate of drug-likeness (QED) is 0.934. The molecule has 21 heavy (non-hydrogen) atoms. The van der Waals surface area contributed by atoms with Gasteiger partial charge in [0.05, 0.1) is 6.04 Å². The molecule has 1 aromatic heterocycles. The summed E-state index contributed by atoms with van der Waals surface area (Å²) in [5.74, 6) is 1.07. The predicted molar refractivity (Wildman–Crippen MR) is 77.1 cm³/mol. The molecule has 1 amide bonds. The van der Waals surface area contributed by atoms with E-state index in [2.05, 4.69) is 10.3 Å². The Morgan fingerprint density at radius 2 is 2.14 bits per heavy atom. The van der Waals surface area contributed by atoms with Gasteiger partial charge in [0, 0.05) is 17.8 Å². The zero-order valence-corrected chi connectivity index (χ0v) is 11.7. The zero-order chi connectivity index (χ0) is 14.7. The Hall–Kier alpha value is -2.56. The fourth-order valence-electron chi connectivity index (χ4n) is 2.22. The van der Waals surface area contributed by atoms with Crippen LogP contribution in [0.2, 0.25) is 0 Å². The van der Waals surface area contributed by atoms with Gasteiger partial charge in [-0.05, 0) is 19.1 Å². The van der Waals surface area contributed by atoms with E-state index in [0.29, 0.717) is 12.5 Å². The number of benzene rings is 1. The van der Waals surface area contributed by atoms with Gasteiger partial charge in [-0.1, -0.05) is 24.3 Å². The third-order valence-corrected chi connectivity index (χ3v) is 3.32. The van der Waals surface area contributed by atoms with Gasteiger partial charge < -0.3 is 14.8 Å². The summed E-state index contributed by atoms with van der Waals surface area (Å²) in [6, 6.07) is 12.9. The van der Waals surface area contributed by atoms with Crippen LogP contribution >= 0.6 is 0 Å². The van der Waals surface area contributed by atoms with E-state index in [-0.39, 0.29) is 11.9 Å². The number of pyridine rings is 1. The van der Waals surface area contributed by atoms with Crippen molar-refractivity contribution in [2.45, 2.75) is 19.1 Å². The smallest absolute Gasteiger partial charge is 0.261 e. The minimum absolute atomic E-state index is 0.136. The molecule has 0 radical (unpaired) electrons. The van der Waals surface area contributed by atoms with E-state index < -0.39 is 6.10 Å². The van der Waals surface area contributed by atoms with E-state index in [9.17, 15) is 4.79 Å². The second-order valence-corrected chi connectivity index (χ2v) is 4.84. The maximum Gasteiger partial charge on any atom is 0.261 e. The van der Waals surface area contributed by atoms with Crippen LogP contribution in [-0.4, -0.2) is 23.6 Å². The second kappa shape index (κ2) is 5.83. The molecule has 0 saturated heterocycles. The van der Waals surface area contributed by atoms with Crippen molar-refractivity contribution in [3.63, 3.8) is 0 Å². The van der Waals surface area contributed by atoms with Crippen LogP contribution in [-0.2, 0) is 4.79 Å². The van der Waals surface area contributed by atoms with Gasteiger partial charge in [0.25, 0.3) is 5.91 Å². The highest BCUT2D eigenvalue weighted by atomic mass is 16.5. The van der Waals surface area contributed by atoms with Gasteiger partial charge in [-0.25, -0.2) is 4.98 Å². The minimum atomic E-state index is -0.618. The standard InChI is InChI=1S/C16H16N2O3/c1-11(21-15-8-4-5-9-17-15)16(19)18-13-10-20-14-7-3-2-6-12(13)14/h2-9,11,13H,10H2,1H3,(H,18,19)/t11-,13+/m1/s1. The van der Waals surface area contributed by atoms with Gasteiger partial charge in [-0.15, -0.1) is 0 Å². The van der Waals surface area contributed by atoms with Crippen LogP contribution in [0.5, 0.6) is 11.6 Å². The Bertz CT molecular complexity index is 630. The van der Waals surface area contributed by atoms with Gasteiger partial charge in [-0.2, -0.15) is 0 Å². The summed E-state index contributed by atoms with van der Waals surface area (Å²) >= 11 is 0. The van der Waals surface area contributed by atoms with Crippen LogP contribution in [0.4, 0.5) is 0 Å². The number of aromatic nitrogens is 1. The van der Waals surface area contributed by atoms with E-state index in [0.717, 1.165) is 11.3 Å². The molecule has 0 bridgehead atoms. The number of ether oxygens (including phenoxy) is 2. The summed E-state index contributed by atoms with van der Waals surface area (Å²) in [5.41, 5.74) is 0.996. The van der Waals surface area contributed by atoms with E-state index in [1.165, 1.54) is 0 Å². The molecule has 0 fully saturated rings. The van der Waals surface area contributed by atoms with Crippen molar-refractivity contribution in [2.75, 3.05) is 6.61 Å². The highest BCUT2D eigenvalue weighted by molar-refractivity contribution is 5.81. The first kappa shape index (κ1) is 13.4. The number of rotatable bonds is 4. The van der Waals surface area contributed by atoms with Crippen LogP contribution in [0, 0.1) is 0 Å². The molecular formula is C16H16N2O3. The fourth-order valence-corrected chi connectivity index (χ4v) is 2.22. The highest BCUT2D eigenvalue weighted by Crippen LogP contribution is 2.31. The van der Waals surface area contributed by atoms with E-state index in [4.69, 9.17) is 9.47 Å². The van der Waals surface area contributed by atoms with Crippen LogP contribution in [0.1, 0.15) is 18.5 Å². The molecule has 2 aromatic rings. The summed E-state index contributed by atoms with van der Waals surface area (Å²) in [5, 5.41) is 2.94. The molecule has 0 aliphatic carbocycles. The molecule has 108 valence electrons. The van der Waals surface area contributed by atoms with Crippen LogP contribution < -0.4 is 14.8 Å². The van der Waals surface area contributed by atoms with Crippen molar-refractivity contribution >= 4 is 5.91 Å². The topological polar surface area (TPSA) is 60.5 Å². The number of nitrogens with one attached hydrogen (secondary N) is 1. The molecule has 2 heterocycles. The van der Waals surface area contributed by atoms with Gasteiger partial charge >= 0.3 is 0 Å². The van der Waals surface area contributed by atoms with Crippen LogP contribution in [0.15, 0.2) is 48.7 Å². The van der Waals surface area contributed by atoms with Crippen LogP contribution in [0.25, 0.3) is 0 Å². The first-order valence-electron chi connectivity index (χ1n) is 6.84. The van der Waals surface area contributed by atoms with Crippen molar-refractivity contribution in [3.05, 3.63) is 54.2 Å². The molecule has 1 N–H and O–H groups in total. The molecular weight excluding hydrogens is 268 g/mol. The number of nitrogens with zero attached hydrogens (tertiary/aromatic N) is 1. The average molecular weight is 284 g/mol. The number of amides is 1. The third kappa shape index (κ3) is 2.97. The number of hydrogen-bond acceptors (Lipinski definition) is 4. The van der Waals surface area contributed by atoms with Crippen molar-refractivity contribution in [1.29, 1.82) is 0 Å². The maximum atomic E-state index is 12.2. The Kier molecular flexibility index (Phi) is 3.73. The minimum Gasteiger partial charge on any atom is -0.491 e. The number of fused-ring (bicyclic) bond motifs is 1. The van der Waals surface area contributed by atoms with Gasteiger partial charge in [-0.3, -0.25) is 4.79 Å². The fraction of sp³-hybridized carbons (Fsp3) is 0.250. The lowest BCUT2D eigenvalue weighted by Gasteiger charge is -2.17. The first-order valence-corrected chi connectivity index (χ1v) is 6.84. The Morgan fingerprint density at radius 3 is 2.95 bits per heavy atom. The Labute approximate surface area is 122 Å². The molecule has 5 nitrogen and oxygen atoms in total. The largest absolute Gasteiger partial charge is 0.491 e. The second-order valence-electron chi connectivity index (χ2n) is 4.84. The summed E-state index contributed by atoms with van der Waals surface area (Å²) < 4.78 is 11.1. The predicted octanol–water partition coefficient (Wildman–Crippen LogP) is 2.10. The Morgan fingerprint density at radius 1 is 1.33 bits per heavy atom. The van der Waals surface area contributed by atoms with Gasteiger partial charge in [0.1, 0.15) is 12.4 Å². The number of carbonyl (C=O) groups excluding carboxylic acids is 1. The van der Waals surface area contributed by atoms with Crippen molar-refractivity contribution < 1.29 is 14.3 Å². The highest BCUT2D eigenvalue weighted by Gasteiger charge is 2.27. The zero-order valence-electron chi connectivity index (χ0n) is 11.7. The number of carbonyl (C=O) groups is 1. The lowest BCUT2D eigenvalue weighted by Crippen LogP contribution is -2.39. The molecule has 0 spiro atoms. The van der Waals surface area contributed by atoms with Crippen molar-refractivity contribution in [1.82, 2.24) is 10.3 Å². The van der Waals surface area contributed by atoms with E-state index in [1.54, 1.807) is 25.3 Å². The first-order chi connectivity index (χ1) is 10.2. The lowest BCUT2D eigenvalue weighted by atomic mass is 10.1. The molecule has 0 saturated carbocycles. The molecule has 3 rings (SSSR count). The van der Waals surface area contributed by atoms with Crippen molar-refractivity contribution in [2.24, 2.45) is 0 Å². The monoisotopic (exact) mass is 284 g/mol. The number of hydrogen-bond donors (Lipinski definition) is 1. The molecule has 5 heteroatoms. The molecule has 1 aromatic carbocycles. The summed E-state index contributed by atoms with van der Waals surface area (Å²) in [6.07, 6.45) is 1.01. The third-order valence-electron chi connectivity index (χ3n) is 3.32. The SMILES string of the molecule is C[C@@H](Oc1ccccn1)C(=O)N[C@H]1COc2ccccc21. The summed E-state index contributed by atoms with van der Waals surface area (Å²) in [7, 11) is 0. The molecule has 1 aliphatic heterocycles. The van der Waals surface area contributed by atoms with E-state index in [1.807, 2.05) is 30.3 Å². The lowest BCUT2D eigenvalue weighted by molar-refractivity contribution is -0.128.